The first kappa shape index (κ1) is 86.9. The highest BCUT2D eigenvalue weighted by atomic mass is 79.9. The van der Waals surface area contributed by atoms with Gasteiger partial charge in [0.1, 0.15) is 5.75 Å². The van der Waals surface area contributed by atoms with Gasteiger partial charge in [-0.1, -0.05) is 80.2 Å². The average molecular weight is 1760 g/mol. The van der Waals surface area contributed by atoms with Gasteiger partial charge in [0.2, 0.25) is 0 Å². The number of halogens is 1. The van der Waals surface area contributed by atoms with Gasteiger partial charge in [-0.3, -0.25) is 53.8 Å². The number of hydrogen-bond acceptors (Lipinski definition) is 17. The number of anilines is 5. The predicted molar refractivity (Wildman–Crippen MR) is 523 cm³/mol. The molecule has 23 heteroatoms. The highest BCUT2D eigenvalue weighted by molar-refractivity contribution is 9.10. The van der Waals surface area contributed by atoms with Crippen LogP contribution >= 0.6 is 15.9 Å². The normalized spacial score (nSPS) is 14.8. The number of piperazine rings is 1. The Morgan fingerprint density at radius 3 is 0.976 bits per heavy atom. The van der Waals surface area contributed by atoms with E-state index in [2.05, 4.69) is 223 Å². The molecule has 5 aliphatic heterocycles. The molecule has 0 bridgehead atoms. The van der Waals surface area contributed by atoms with Crippen molar-refractivity contribution >= 4 is 98.9 Å². The number of aryl methyl sites for hydroxylation is 1. The molecule has 0 aliphatic carbocycles. The number of hydrogen-bond donors (Lipinski definition) is 5. The Morgan fingerprint density at radius 1 is 0.307 bits per heavy atom. The van der Waals surface area contributed by atoms with Crippen molar-refractivity contribution in [2.45, 2.75) is 97.9 Å². The molecule has 0 atom stereocenters. The lowest BCUT2D eigenvalue weighted by Gasteiger charge is -2.36. The maximum absolute atomic E-state index is 12.3. The van der Waals surface area contributed by atoms with Crippen molar-refractivity contribution in [3.63, 3.8) is 0 Å². The molecule has 646 valence electrons. The number of fused-ring (bicyclic) bond motifs is 5. The molecule has 0 amide bonds. The van der Waals surface area contributed by atoms with Crippen molar-refractivity contribution in [2.24, 2.45) is 0 Å². The van der Waals surface area contributed by atoms with Crippen LogP contribution in [0.3, 0.4) is 0 Å². The lowest BCUT2D eigenvalue weighted by atomic mass is 10.0. The predicted octanol–water partition coefficient (Wildman–Crippen LogP) is 19.9. The molecule has 5 N–H and O–H groups in total. The first-order chi connectivity index (χ1) is 61.8. The molecule has 5 aliphatic rings. The van der Waals surface area contributed by atoms with E-state index in [1.807, 2.05) is 42.5 Å². The van der Waals surface area contributed by atoms with Crippen LogP contribution in [-0.4, -0.2) is 140 Å². The third-order valence-corrected chi connectivity index (χ3v) is 25.1. The second-order valence-corrected chi connectivity index (χ2v) is 33.7. The largest absolute Gasteiger partial charge is 0.495 e. The number of benzene rings is 6. The molecular weight excluding hydrogens is 1650 g/mol. The van der Waals surface area contributed by atoms with Crippen LogP contribution in [-0.2, 0) is 6.54 Å². The van der Waals surface area contributed by atoms with Crippen LogP contribution in [0.5, 0.6) is 5.75 Å². The fraction of sp³-hybridized carbons (Fsp3) is 0.269. The van der Waals surface area contributed by atoms with Crippen LogP contribution in [0.25, 0.3) is 111 Å². The number of methoxy groups -OCH3 is 1. The number of aromatic amines is 5. The Kier molecular flexibility index (Phi) is 28.0. The molecule has 0 spiro atoms. The second kappa shape index (κ2) is 41.0. The van der Waals surface area contributed by atoms with Crippen molar-refractivity contribution in [3.8, 4) is 62.0 Å². The first-order valence-electron chi connectivity index (χ1n) is 44.0. The molecule has 0 saturated carbocycles. The van der Waals surface area contributed by atoms with Crippen molar-refractivity contribution in [3.05, 3.63) is 323 Å². The summed E-state index contributed by atoms with van der Waals surface area (Å²) in [7, 11) is 1.69. The number of H-pyrrole nitrogens is 5. The molecule has 5 saturated heterocycles. The molecular formula is C104H107BrN16O6. The zero-order valence-corrected chi connectivity index (χ0v) is 72.8. The van der Waals surface area contributed by atoms with Gasteiger partial charge in [-0.15, -0.1) is 0 Å². The fourth-order valence-electron chi connectivity index (χ4n) is 17.7. The molecule has 21 rings (SSSR count). The SMILES string of the molecule is C.COc1cc(-c2cc3ncccc3c(=O)[nH]2)ccc1N1CCCCC1.Cc1cc(-c2cc3ncccc3c(=O)[nH]2)ccc1N1CCCCC1.O=c1[nH]c(-c2ccc(N3CCCCC3)c(Br)c2)cc2ncccc12.O=c1[nH]c(-c2ccc(N3CCCCC3)cc2)cc2ncccc12.O=c1[nH]c(-c2ccc(N3CCN(Cc4ccccc4)CC3)cc2)cc2ncccc12. The highest BCUT2D eigenvalue weighted by Gasteiger charge is 2.23. The summed E-state index contributed by atoms with van der Waals surface area (Å²) in [5.41, 5.74) is 20.7. The van der Waals surface area contributed by atoms with E-state index in [0.29, 0.717) is 38.0 Å². The number of pyridine rings is 10. The van der Waals surface area contributed by atoms with Crippen molar-refractivity contribution in [1.29, 1.82) is 0 Å². The molecule has 0 unspecified atom stereocenters. The smallest absolute Gasteiger partial charge is 0.257 e. The Balaban J connectivity index is 0.000000117. The maximum atomic E-state index is 12.3. The van der Waals surface area contributed by atoms with Crippen LogP contribution in [0.4, 0.5) is 28.4 Å². The Hall–Kier alpha value is -13.6. The Bertz CT molecular complexity index is 6650. The summed E-state index contributed by atoms with van der Waals surface area (Å²) in [4.78, 5) is 112. The second-order valence-electron chi connectivity index (χ2n) is 32.8. The van der Waals surface area contributed by atoms with E-state index in [4.69, 9.17) is 4.74 Å². The van der Waals surface area contributed by atoms with Gasteiger partial charge in [0.05, 0.1) is 101 Å². The van der Waals surface area contributed by atoms with Gasteiger partial charge < -0.3 is 54.2 Å². The summed E-state index contributed by atoms with van der Waals surface area (Å²) in [6.45, 7) is 16.2. The third-order valence-electron chi connectivity index (χ3n) is 24.5. The lowest BCUT2D eigenvalue weighted by Crippen LogP contribution is -2.45. The van der Waals surface area contributed by atoms with Crippen LogP contribution in [0, 0.1) is 6.92 Å². The van der Waals surface area contributed by atoms with Gasteiger partial charge in [-0.05, 0) is 285 Å². The summed E-state index contributed by atoms with van der Waals surface area (Å²) < 4.78 is 6.69. The van der Waals surface area contributed by atoms with Crippen LogP contribution in [0.2, 0.25) is 0 Å². The lowest BCUT2D eigenvalue weighted by molar-refractivity contribution is 0.250. The zero-order chi connectivity index (χ0) is 86.2. The minimum Gasteiger partial charge on any atom is -0.495 e. The van der Waals surface area contributed by atoms with E-state index < -0.39 is 0 Å². The Labute approximate surface area is 746 Å². The van der Waals surface area contributed by atoms with E-state index in [1.54, 1.807) is 98.8 Å². The van der Waals surface area contributed by atoms with E-state index in [9.17, 15) is 24.0 Å². The number of nitrogens with one attached hydrogen (secondary N) is 5. The quantitative estimate of drug-likeness (QED) is 0.0719. The van der Waals surface area contributed by atoms with Crippen molar-refractivity contribution in [1.82, 2.24) is 54.7 Å². The van der Waals surface area contributed by atoms with Crippen LogP contribution in [0.15, 0.2) is 284 Å². The summed E-state index contributed by atoms with van der Waals surface area (Å²) in [5, 5.41) is 3.09. The number of aromatic nitrogens is 10. The van der Waals surface area contributed by atoms with Gasteiger partial charge >= 0.3 is 0 Å². The summed E-state index contributed by atoms with van der Waals surface area (Å²) in [6, 6.07) is 73.9. The molecule has 5 fully saturated rings. The van der Waals surface area contributed by atoms with Gasteiger partial charge in [0.15, 0.2) is 0 Å². The molecule has 16 aromatic rings. The number of ether oxygens (including phenoxy) is 1. The molecule has 6 aromatic carbocycles. The maximum Gasteiger partial charge on any atom is 0.257 e. The van der Waals surface area contributed by atoms with Gasteiger partial charge in [-0.2, -0.15) is 0 Å². The van der Waals surface area contributed by atoms with Crippen LogP contribution in [0.1, 0.15) is 95.6 Å². The van der Waals surface area contributed by atoms with E-state index in [1.165, 1.54) is 111 Å². The number of piperidine rings is 4. The molecule has 10 aromatic heterocycles. The van der Waals surface area contributed by atoms with Gasteiger partial charge in [-0.25, -0.2) is 0 Å². The van der Waals surface area contributed by atoms with Crippen molar-refractivity contribution < 1.29 is 4.74 Å². The first-order valence-corrected chi connectivity index (χ1v) is 44.8. The van der Waals surface area contributed by atoms with Gasteiger partial charge in [0.25, 0.3) is 27.8 Å². The highest BCUT2D eigenvalue weighted by Crippen LogP contribution is 2.37. The summed E-state index contributed by atoms with van der Waals surface area (Å²) in [6.07, 6.45) is 23.8. The number of rotatable bonds is 13. The van der Waals surface area contributed by atoms with Gasteiger partial charge in [0, 0.05) is 143 Å². The monoisotopic (exact) mass is 1750 g/mol. The zero-order valence-electron chi connectivity index (χ0n) is 71.2. The molecule has 0 radical (unpaired) electrons. The van der Waals surface area contributed by atoms with E-state index in [0.717, 1.165) is 174 Å². The number of nitrogens with zero attached hydrogens (tertiary/aromatic N) is 11. The van der Waals surface area contributed by atoms with E-state index >= 15 is 0 Å². The van der Waals surface area contributed by atoms with Crippen molar-refractivity contribution in [2.75, 3.05) is 110 Å². The average Bonchev–Trinajstić information content (AvgIpc) is 0.806. The summed E-state index contributed by atoms with van der Waals surface area (Å²) >= 11 is 3.70. The van der Waals surface area contributed by atoms with E-state index in [-0.39, 0.29) is 35.2 Å². The van der Waals surface area contributed by atoms with Crippen LogP contribution < -0.4 is 57.0 Å². The topological polar surface area (TPSA) is 257 Å². The standard InChI is InChI=1S/C25H24N4O.C20H21N3O2.C20H21N3O.C19H18BrN3O.C19H19N3O.CH4/c30-25-22-7-4-12-26-24(22)17-23(27-25)20-8-10-21(11-9-20)29-15-13-28(14-16-29)18-19-5-2-1-3-6-19;1-25-19-12-14(7-8-18(19)23-10-3-2-4-11-23)16-13-17-15(20(24)22-16)6-5-9-21-17;1-14-12-15(7-8-19(14)23-10-3-2-4-11-23)17-13-18-16(20(24)22-17)6-5-9-21-18;20-15-11-13(6-7-18(15)23-9-2-1-3-10-23)16-12-17-14(19(24)22-16)5-4-8-21-17;23-19-16-5-4-10-20-18(16)13-17(21-19)14-6-8-15(9-7-14)22-11-2-1-3-12-22;/h1-12,17H,13-16,18H2,(H,27,30);5-9,12-13H,2-4,10-11H2,1H3,(H,22,24);5-9,12-13H,2-4,10-11H2,1H3,(H,22,24);4-8,11-12H,1-3,9-10H2,(H,22,24);4-10,13H,1-3,11-12H2,(H,21,23);1H4. The fourth-order valence-corrected chi connectivity index (χ4v) is 18.3. The third kappa shape index (κ3) is 20.8. The Morgan fingerprint density at radius 2 is 0.614 bits per heavy atom. The minimum atomic E-state index is -0.125. The molecule has 127 heavy (non-hydrogen) atoms. The summed E-state index contributed by atoms with van der Waals surface area (Å²) in [5.74, 6) is 0.835. The minimum absolute atomic E-state index is 0. The molecule has 22 nitrogen and oxygen atoms in total. The molecule has 15 heterocycles.